The van der Waals surface area contributed by atoms with Gasteiger partial charge in [0.2, 0.25) is 0 Å². The molecule has 0 aliphatic carbocycles. The predicted molar refractivity (Wildman–Crippen MR) is 98.8 cm³/mol. The van der Waals surface area contributed by atoms with Gasteiger partial charge in [-0.05, 0) is 0 Å². The second kappa shape index (κ2) is 23.6. The SMILES string of the molecule is CCCCCCCCCCCCCCCCCC.OP(O)O. The van der Waals surface area contributed by atoms with Crippen LogP contribution in [0.5, 0.6) is 0 Å². The van der Waals surface area contributed by atoms with E-state index in [0.29, 0.717) is 0 Å². The maximum Gasteiger partial charge on any atom is 0.324 e. The number of hydrogen-bond acceptors (Lipinski definition) is 3. The Balaban J connectivity index is 0. The zero-order valence-corrected chi connectivity index (χ0v) is 16.0. The van der Waals surface area contributed by atoms with Gasteiger partial charge in [0.25, 0.3) is 0 Å². The zero-order valence-electron chi connectivity index (χ0n) is 15.1. The standard InChI is InChI=1S/C18H38.H3O3P/c1-3-5-7-9-11-13-15-17-18-16-14-12-10-8-6-4-2;1-4(2)3/h3-18H2,1-2H3;1-3H. The fourth-order valence-electron chi connectivity index (χ4n) is 2.62. The molecule has 0 atom stereocenters. The lowest BCUT2D eigenvalue weighted by molar-refractivity contribution is 0.368. The van der Waals surface area contributed by atoms with Crippen molar-refractivity contribution in [1.29, 1.82) is 0 Å². The maximum absolute atomic E-state index is 7.23. The quantitative estimate of drug-likeness (QED) is 0.237. The van der Waals surface area contributed by atoms with Crippen LogP contribution in [0.3, 0.4) is 0 Å². The Kier molecular flexibility index (Phi) is 26.3. The van der Waals surface area contributed by atoms with Crippen molar-refractivity contribution in [2.75, 3.05) is 0 Å². The van der Waals surface area contributed by atoms with Crippen LogP contribution in [0.25, 0.3) is 0 Å². The third-order valence-electron chi connectivity index (χ3n) is 3.96. The largest absolute Gasteiger partial charge is 0.328 e. The van der Waals surface area contributed by atoms with Crippen molar-refractivity contribution in [2.24, 2.45) is 0 Å². The molecule has 0 aromatic rings. The van der Waals surface area contributed by atoms with Crippen LogP contribution < -0.4 is 0 Å². The van der Waals surface area contributed by atoms with E-state index in [2.05, 4.69) is 13.8 Å². The van der Waals surface area contributed by atoms with Crippen molar-refractivity contribution >= 4 is 8.60 Å². The van der Waals surface area contributed by atoms with Crippen LogP contribution in [0.4, 0.5) is 0 Å². The summed E-state index contributed by atoms with van der Waals surface area (Å²) < 4.78 is 0. The lowest BCUT2D eigenvalue weighted by atomic mass is 10.0. The molecular weight excluding hydrogens is 295 g/mol. The summed E-state index contributed by atoms with van der Waals surface area (Å²) >= 11 is 0. The smallest absolute Gasteiger partial charge is 0.324 e. The van der Waals surface area contributed by atoms with Crippen molar-refractivity contribution in [3.8, 4) is 0 Å². The molecule has 0 radical (unpaired) electrons. The van der Waals surface area contributed by atoms with Crippen LogP contribution in [0.15, 0.2) is 0 Å². The Morgan fingerprint density at radius 1 is 0.409 bits per heavy atom. The Hall–Kier alpha value is 0.310. The molecule has 0 saturated carbocycles. The molecule has 0 rings (SSSR count). The molecule has 0 heterocycles. The minimum absolute atomic E-state index is 1.37. The minimum atomic E-state index is -2.62. The van der Waals surface area contributed by atoms with Gasteiger partial charge in [-0.3, -0.25) is 0 Å². The summed E-state index contributed by atoms with van der Waals surface area (Å²) in [6.07, 6.45) is 23.4. The molecule has 0 aliphatic heterocycles. The average Bonchev–Trinajstić information content (AvgIpc) is 2.47. The van der Waals surface area contributed by atoms with Gasteiger partial charge in [0, 0.05) is 0 Å². The first-order valence-corrected chi connectivity index (χ1v) is 10.7. The van der Waals surface area contributed by atoms with E-state index in [1.54, 1.807) is 0 Å². The molecular formula is C18H41O3P. The molecule has 0 unspecified atom stereocenters. The van der Waals surface area contributed by atoms with E-state index in [-0.39, 0.29) is 0 Å². The minimum Gasteiger partial charge on any atom is -0.328 e. The second-order valence-corrected chi connectivity index (χ2v) is 6.75. The van der Waals surface area contributed by atoms with Gasteiger partial charge < -0.3 is 14.7 Å². The van der Waals surface area contributed by atoms with Crippen molar-refractivity contribution in [3.05, 3.63) is 0 Å². The third-order valence-corrected chi connectivity index (χ3v) is 3.96. The molecule has 0 aromatic heterocycles. The van der Waals surface area contributed by atoms with Gasteiger partial charge in [-0.25, -0.2) is 0 Å². The van der Waals surface area contributed by atoms with Crippen LogP contribution in [-0.4, -0.2) is 14.7 Å². The van der Waals surface area contributed by atoms with E-state index < -0.39 is 8.60 Å². The lowest BCUT2D eigenvalue weighted by Gasteiger charge is -2.03. The highest BCUT2D eigenvalue weighted by Gasteiger charge is 1.93. The van der Waals surface area contributed by atoms with Gasteiger partial charge in [-0.2, -0.15) is 0 Å². The van der Waals surface area contributed by atoms with Crippen LogP contribution >= 0.6 is 8.60 Å². The Labute approximate surface area is 140 Å². The van der Waals surface area contributed by atoms with Gasteiger partial charge in [0.05, 0.1) is 0 Å². The first-order chi connectivity index (χ1) is 10.6. The molecule has 0 saturated heterocycles. The summed E-state index contributed by atoms with van der Waals surface area (Å²) in [7, 11) is -2.62. The number of rotatable bonds is 15. The fraction of sp³-hybridized carbons (Fsp3) is 1.00. The third kappa shape index (κ3) is 32.3. The summed E-state index contributed by atoms with van der Waals surface area (Å²) in [5.74, 6) is 0. The highest BCUT2D eigenvalue weighted by Crippen LogP contribution is 2.13. The second-order valence-electron chi connectivity index (χ2n) is 6.22. The summed E-state index contributed by atoms with van der Waals surface area (Å²) in [5.41, 5.74) is 0. The molecule has 0 fully saturated rings. The van der Waals surface area contributed by atoms with Crippen LogP contribution in [-0.2, 0) is 0 Å². The van der Waals surface area contributed by atoms with Gasteiger partial charge in [-0.15, -0.1) is 0 Å². The van der Waals surface area contributed by atoms with E-state index in [4.69, 9.17) is 14.7 Å². The van der Waals surface area contributed by atoms with E-state index >= 15 is 0 Å². The molecule has 4 heteroatoms. The van der Waals surface area contributed by atoms with Crippen molar-refractivity contribution in [2.45, 2.75) is 117 Å². The highest BCUT2D eigenvalue weighted by molar-refractivity contribution is 7.38. The van der Waals surface area contributed by atoms with E-state index in [1.807, 2.05) is 0 Å². The van der Waals surface area contributed by atoms with E-state index in [1.165, 1.54) is 103 Å². The molecule has 3 N–H and O–H groups in total. The summed E-state index contributed by atoms with van der Waals surface area (Å²) in [6.45, 7) is 4.59. The zero-order chi connectivity index (χ0) is 16.9. The maximum atomic E-state index is 7.23. The number of unbranched alkanes of at least 4 members (excludes halogenated alkanes) is 15. The van der Waals surface area contributed by atoms with Gasteiger partial charge in [0.1, 0.15) is 0 Å². The van der Waals surface area contributed by atoms with Gasteiger partial charge >= 0.3 is 8.60 Å². The van der Waals surface area contributed by atoms with Crippen molar-refractivity contribution in [3.63, 3.8) is 0 Å². The van der Waals surface area contributed by atoms with Crippen molar-refractivity contribution in [1.82, 2.24) is 0 Å². The lowest BCUT2D eigenvalue weighted by Crippen LogP contribution is -1.83. The normalized spacial score (nSPS) is 10.6. The van der Waals surface area contributed by atoms with E-state index in [0.717, 1.165) is 0 Å². The van der Waals surface area contributed by atoms with Crippen LogP contribution in [0.1, 0.15) is 117 Å². The molecule has 136 valence electrons. The molecule has 3 nitrogen and oxygen atoms in total. The fourth-order valence-corrected chi connectivity index (χ4v) is 2.62. The summed E-state index contributed by atoms with van der Waals surface area (Å²) in [5, 5.41) is 0. The Bertz CT molecular complexity index is 159. The van der Waals surface area contributed by atoms with Gasteiger partial charge in [-0.1, -0.05) is 117 Å². The monoisotopic (exact) mass is 336 g/mol. The van der Waals surface area contributed by atoms with Crippen molar-refractivity contribution < 1.29 is 14.7 Å². The number of hydrogen-bond donors (Lipinski definition) is 3. The molecule has 0 aromatic carbocycles. The molecule has 0 spiro atoms. The van der Waals surface area contributed by atoms with E-state index in [9.17, 15) is 0 Å². The first-order valence-electron chi connectivity index (χ1n) is 9.51. The van der Waals surface area contributed by atoms with Crippen LogP contribution in [0, 0.1) is 0 Å². The average molecular weight is 336 g/mol. The molecule has 0 amide bonds. The summed E-state index contributed by atoms with van der Waals surface area (Å²) in [6, 6.07) is 0. The van der Waals surface area contributed by atoms with Gasteiger partial charge in [0.15, 0.2) is 0 Å². The Morgan fingerprint density at radius 3 is 0.682 bits per heavy atom. The predicted octanol–water partition coefficient (Wildman–Crippen LogP) is 6.46. The molecule has 0 aliphatic rings. The molecule has 22 heavy (non-hydrogen) atoms. The highest BCUT2D eigenvalue weighted by atomic mass is 31.2. The topological polar surface area (TPSA) is 60.7 Å². The van der Waals surface area contributed by atoms with Crippen LogP contribution in [0.2, 0.25) is 0 Å². The summed E-state index contributed by atoms with van der Waals surface area (Å²) in [4.78, 5) is 21.7. The first kappa shape index (κ1) is 24.6. The molecule has 0 bridgehead atoms. The Morgan fingerprint density at radius 2 is 0.545 bits per heavy atom.